The van der Waals surface area contributed by atoms with E-state index in [4.69, 9.17) is 15.1 Å². The van der Waals surface area contributed by atoms with Crippen LogP contribution in [-0.4, -0.2) is 26.0 Å². The smallest absolute Gasteiger partial charge is 0.337 e. The Morgan fingerprint density at radius 2 is 2.16 bits per heavy atom. The number of rotatable bonds is 3. The van der Waals surface area contributed by atoms with Gasteiger partial charge in [0.2, 0.25) is 0 Å². The standard InChI is InChI=1S/C12H8N4O3/c1-7-2-9(4-13)16-12(15-7)19-10-3-8(11(17)18)5-14-6-10/h2-3,5-6H,1H3,(H,17,18). The average Bonchev–Trinajstić information content (AvgIpc) is 2.38. The summed E-state index contributed by atoms with van der Waals surface area (Å²) >= 11 is 0. The van der Waals surface area contributed by atoms with Crippen molar-refractivity contribution in [2.24, 2.45) is 0 Å². The first kappa shape index (κ1) is 12.4. The lowest BCUT2D eigenvalue weighted by Crippen LogP contribution is -2.00. The van der Waals surface area contributed by atoms with Gasteiger partial charge in [-0.3, -0.25) is 4.98 Å². The Kier molecular flexibility index (Phi) is 3.34. The monoisotopic (exact) mass is 256 g/mol. The molecule has 2 rings (SSSR count). The maximum atomic E-state index is 10.8. The fourth-order valence-corrected chi connectivity index (χ4v) is 1.34. The molecule has 0 saturated heterocycles. The molecule has 0 aromatic carbocycles. The zero-order valence-electron chi connectivity index (χ0n) is 9.86. The summed E-state index contributed by atoms with van der Waals surface area (Å²) in [5.41, 5.74) is 0.736. The number of aromatic carboxylic acids is 1. The minimum atomic E-state index is -1.11. The second-order valence-electron chi connectivity index (χ2n) is 3.61. The van der Waals surface area contributed by atoms with Gasteiger partial charge in [-0.15, -0.1) is 0 Å². The molecule has 7 heteroatoms. The molecule has 0 spiro atoms. The fourth-order valence-electron chi connectivity index (χ4n) is 1.34. The van der Waals surface area contributed by atoms with E-state index in [0.29, 0.717) is 5.69 Å². The van der Waals surface area contributed by atoms with Gasteiger partial charge in [0, 0.05) is 11.9 Å². The van der Waals surface area contributed by atoms with Crippen molar-refractivity contribution in [3.8, 4) is 17.8 Å². The van der Waals surface area contributed by atoms with Gasteiger partial charge in [-0.2, -0.15) is 10.2 Å². The summed E-state index contributed by atoms with van der Waals surface area (Å²) in [5, 5.41) is 17.6. The Balaban J connectivity index is 2.31. The quantitative estimate of drug-likeness (QED) is 0.886. The molecule has 94 valence electrons. The molecule has 0 bridgehead atoms. The largest absolute Gasteiger partial charge is 0.478 e. The summed E-state index contributed by atoms with van der Waals surface area (Å²) < 4.78 is 5.29. The van der Waals surface area contributed by atoms with Crippen molar-refractivity contribution in [1.82, 2.24) is 15.0 Å². The topological polar surface area (TPSA) is 109 Å². The third-order valence-electron chi connectivity index (χ3n) is 2.12. The zero-order chi connectivity index (χ0) is 13.8. The molecule has 0 fully saturated rings. The molecule has 2 heterocycles. The molecule has 0 amide bonds. The van der Waals surface area contributed by atoms with E-state index in [0.717, 1.165) is 0 Å². The molecular formula is C12H8N4O3. The summed E-state index contributed by atoms with van der Waals surface area (Å²) in [6.45, 7) is 1.70. The molecule has 0 atom stereocenters. The molecule has 1 N–H and O–H groups in total. The Hall–Kier alpha value is -3.01. The number of aryl methyl sites for hydroxylation is 1. The van der Waals surface area contributed by atoms with Crippen molar-refractivity contribution in [3.05, 3.63) is 41.5 Å². The van der Waals surface area contributed by atoms with E-state index in [1.165, 1.54) is 24.5 Å². The van der Waals surface area contributed by atoms with Crippen LogP contribution in [0.2, 0.25) is 0 Å². The molecule has 0 aliphatic rings. The predicted molar refractivity (Wildman–Crippen MR) is 62.8 cm³/mol. The van der Waals surface area contributed by atoms with Crippen LogP contribution < -0.4 is 4.74 Å². The van der Waals surface area contributed by atoms with Crippen molar-refractivity contribution in [2.45, 2.75) is 6.92 Å². The summed E-state index contributed by atoms with van der Waals surface area (Å²) in [5.74, 6) is -0.921. The molecule has 0 aliphatic carbocycles. The third kappa shape index (κ3) is 3.01. The van der Waals surface area contributed by atoms with Gasteiger partial charge in [-0.1, -0.05) is 0 Å². The third-order valence-corrected chi connectivity index (χ3v) is 2.12. The molecule has 0 radical (unpaired) electrons. The number of carbonyl (C=O) groups is 1. The number of carboxylic acid groups (broad SMARTS) is 1. The van der Waals surface area contributed by atoms with E-state index in [1.54, 1.807) is 6.92 Å². The maximum absolute atomic E-state index is 10.8. The highest BCUT2D eigenvalue weighted by molar-refractivity contribution is 5.87. The highest BCUT2D eigenvalue weighted by Gasteiger charge is 2.08. The van der Waals surface area contributed by atoms with Crippen LogP contribution in [0.5, 0.6) is 11.8 Å². The van der Waals surface area contributed by atoms with Crippen LogP contribution in [0.1, 0.15) is 21.7 Å². The predicted octanol–water partition coefficient (Wildman–Crippen LogP) is 1.54. The minimum Gasteiger partial charge on any atom is -0.478 e. The van der Waals surface area contributed by atoms with E-state index in [9.17, 15) is 4.79 Å². The number of nitriles is 1. The minimum absolute atomic E-state index is 0.00865. The summed E-state index contributed by atoms with van der Waals surface area (Å²) in [4.78, 5) is 22.4. The van der Waals surface area contributed by atoms with Gasteiger partial charge in [-0.05, 0) is 19.1 Å². The first-order valence-corrected chi connectivity index (χ1v) is 5.20. The number of hydrogen-bond donors (Lipinski definition) is 1. The van der Waals surface area contributed by atoms with Crippen LogP contribution in [0.15, 0.2) is 24.5 Å². The second-order valence-corrected chi connectivity index (χ2v) is 3.61. The first-order chi connectivity index (χ1) is 9.08. The number of carboxylic acids is 1. The first-order valence-electron chi connectivity index (χ1n) is 5.20. The van der Waals surface area contributed by atoms with E-state index in [-0.39, 0.29) is 23.0 Å². The average molecular weight is 256 g/mol. The van der Waals surface area contributed by atoms with E-state index in [2.05, 4.69) is 15.0 Å². The molecular weight excluding hydrogens is 248 g/mol. The van der Waals surface area contributed by atoms with Gasteiger partial charge < -0.3 is 9.84 Å². The number of nitrogens with zero attached hydrogens (tertiary/aromatic N) is 4. The van der Waals surface area contributed by atoms with Crippen molar-refractivity contribution in [1.29, 1.82) is 5.26 Å². The van der Waals surface area contributed by atoms with E-state index < -0.39 is 5.97 Å². The lowest BCUT2D eigenvalue weighted by atomic mass is 10.3. The lowest BCUT2D eigenvalue weighted by Gasteiger charge is -2.04. The van der Waals surface area contributed by atoms with Crippen molar-refractivity contribution in [2.75, 3.05) is 0 Å². The van der Waals surface area contributed by atoms with Crippen molar-refractivity contribution in [3.63, 3.8) is 0 Å². The Labute approximate surface area is 108 Å². The number of hydrogen-bond acceptors (Lipinski definition) is 6. The molecule has 7 nitrogen and oxygen atoms in total. The van der Waals surface area contributed by atoms with Crippen molar-refractivity contribution < 1.29 is 14.6 Å². The van der Waals surface area contributed by atoms with Crippen LogP contribution in [0.25, 0.3) is 0 Å². The molecule has 0 aliphatic heterocycles. The summed E-state index contributed by atoms with van der Waals surface area (Å²) in [6, 6.07) is 4.67. The van der Waals surface area contributed by atoms with E-state index in [1.807, 2.05) is 6.07 Å². The highest BCUT2D eigenvalue weighted by Crippen LogP contribution is 2.18. The van der Waals surface area contributed by atoms with Gasteiger partial charge in [0.05, 0.1) is 11.8 Å². The zero-order valence-corrected chi connectivity index (χ0v) is 9.86. The van der Waals surface area contributed by atoms with Crippen LogP contribution in [0.4, 0.5) is 0 Å². The molecule has 19 heavy (non-hydrogen) atoms. The Morgan fingerprint density at radius 3 is 2.84 bits per heavy atom. The molecule has 0 saturated carbocycles. The van der Waals surface area contributed by atoms with Gasteiger partial charge >= 0.3 is 12.0 Å². The van der Waals surface area contributed by atoms with Gasteiger partial charge in [0.25, 0.3) is 0 Å². The maximum Gasteiger partial charge on any atom is 0.337 e. The number of ether oxygens (including phenoxy) is 1. The number of pyridine rings is 1. The van der Waals surface area contributed by atoms with Crippen molar-refractivity contribution >= 4 is 5.97 Å². The number of aromatic nitrogens is 3. The molecule has 0 unspecified atom stereocenters. The van der Waals surface area contributed by atoms with Gasteiger partial charge in [0.15, 0.2) is 0 Å². The van der Waals surface area contributed by atoms with Crippen LogP contribution in [0, 0.1) is 18.3 Å². The van der Waals surface area contributed by atoms with Crippen LogP contribution in [-0.2, 0) is 0 Å². The van der Waals surface area contributed by atoms with Gasteiger partial charge in [0.1, 0.15) is 17.5 Å². The highest BCUT2D eigenvalue weighted by atomic mass is 16.5. The SMILES string of the molecule is Cc1cc(C#N)nc(Oc2cncc(C(=O)O)c2)n1. The molecule has 2 aromatic heterocycles. The van der Waals surface area contributed by atoms with Gasteiger partial charge in [-0.25, -0.2) is 9.78 Å². The molecule has 2 aromatic rings. The Morgan fingerprint density at radius 1 is 1.37 bits per heavy atom. The Bertz CT molecular complexity index is 679. The summed E-state index contributed by atoms with van der Waals surface area (Å²) in [6.07, 6.45) is 2.54. The normalized spacial score (nSPS) is 9.68. The van der Waals surface area contributed by atoms with Crippen LogP contribution >= 0.6 is 0 Å². The lowest BCUT2D eigenvalue weighted by molar-refractivity contribution is 0.0696. The van der Waals surface area contributed by atoms with E-state index >= 15 is 0 Å². The fraction of sp³-hybridized carbons (Fsp3) is 0.0833. The second kappa shape index (κ2) is 5.10. The van der Waals surface area contributed by atoms with Crippen LogP contribution in [0.3, 0.4) is 0 Å². The summed E-state index contributed by atoms with van der Waals surface area (Å²) in [7, 11) is 0.